The molecule has 0 aromatic rings. The zero-order valence-electron chi connectivity index (χ0n) is 14.5. The Labute approximate surface area is 146 Å². The quantitative estimate of drug-likeness (QED) is 0.463. The third-order valence-corrected chi connectivity index (χ3v) is 5.56. The standard InChI is InChI=1S/C18H24N2O5/c1-25-17(24)18(9-5-2-6-10-18)19-14(21)11-20-15(22)12-7-3-4-8-13(12)16(20)23/h3-4,12-13H,2,5-11H2,1H3,(H,19,21)/t12-,13+. The molecule has 0 spiro atoms. The van der Waals surface area contributed by atoms with Crippen LogP contribution in [0.5, 0.6) is 0 Å². The number of allylic oxidation sites excluding steroid dienone is 2. The average Bonchev–Trinajstić information content (AvgIpc) is 2.87. The van der Waals surface area contributed by atoms with Crippen LogP contribution >= 0.6 is 0 Å². The Kier molecular flexibility index (Phi) is 4.92. The zero-order chi connectivity index (χ0) is 18.0. The highest BCUT2D eigenvalue weighted by Crippen LogP contribution is 2.35. The molecule has 1 N–H and O–H groups in total. The molecule has 2 aliphatic carbocycles. The van der Waals surface area contributed by atoms with Crippen LogP contribution in [0.15, 0.2) is 12.2 Å². The second kappa shape index (κ2) is 6.98. The van der Waals surface area contributed by atoms with E-state index in [2.05, 4.69) is 5.32 Å². The van der Waals surface area contributed by atoms with Gasteiger partial charge in [-0.1, -0.05) is 31.4 Å². The van der Waals surface area contributed by atoms with E-state index in [-0.39, 0.29) is 30.2 Å². The number of methoxy groups -OCH3 is 1. The lowest BCUT2D eigenvalue weighted by molar-refractivity contribution is -0.153. The highest BCUT2D eigenvalue weighted by atomic mass is 16.5. The lowest BCUT2D eigenvalue weighted by atomic mass is 9.81. The number of carbonyl (C=O) groups is 4. The van der Waals surface area contributed by atoms with E-state index >= 15 is 0 Å². The van der Waals surface area contributed by atoms with Crippen molar-refractivity contribution in [2.45, 2.75) is 50.5 Å². The monoisotopic (exact) mass is 348 g/mol. The van der Waals surface area contributed by atoms with Crippen LogP contribution in [0.2, 0.25) is 0 Å². The van der Waals surface area contributed by atoms with Crippen LogP contribution in [-0.2, 0) is 23.9 Å². The number of esters is 1. The molecule has 0 unspecified atom stereocenters. The van der Waals surface area contributed by atoms with Crippen LogP contribution in [-0.4, -0.2) is 47.8 Å². The molecule has 0 radical (unpaired) electrons. The van der Waals surface area contributed by atoms with Gasteiger partial charge in [0.05, 0.1) is 18.9 Å². The Balaban J connectivity index is 1.68. The van der Waals surface area contributed by atoms with Crippen LogP contribution in [0.25, 0.3) is 0 Å². The molecule has 7 heteroatoms. The first-order valence-corrected chi connectivity index (χ1v) is 8.88. The maximum atomic E-state index is 12.5. The lowest BCUT2D eigenvalue weighted by Crippen LogP contribution is -2.58. The summed E-state index contributed by atoms with van der Waals surface area (Å²) in [6.07, 6.45) is 8.59. The number of rotatable bonds is 4. The molecule has 7 nitrogen and oxygen atoms in total. The van der Waals surface area contributed by atoms with Crippen LogP contribution in [0.3, 0.4) is 0 Å². The number of nitrogens with one attached hydrogen (secondary N) is 1. The SMILES string of the molecule is COC(=O)C1(NC(=O)CN2C(=O)[C@H]3CC=CC[C@H]3C2=O)CCCCC1. The summed E-state index contributed by atoms with van der Waals surface area (Å²) in [5, 5.41) is 2.76. The highest BCUT2D eigenvalue weighted by Gasteiger charge is 2.48. The summed E-state index contributed by atoms with van der Waals surface area (Å²) in [4.78, 5) is 50.7. The van der Waals surface area contributed by atoms with Crippen molar-refractivity contribution in [1.29, 1.82) is 0 Å². The average molecular weight is 348 g/mol. The summed E-state index contributed by atoms with van der Waals surface area (Å²) in [5.74, 6) is -2.22. The number of hydrogen-bond acceptors (Lipinski definition) is 5. The Bertz CT molecular complexity index is 595. The third-order valence-electron chi connectivity index (χ3n) is 5.56. The predicted octanol–water partition coefficient (Wildman–Crippen LogP) is 0.930. The van der Waals surface area contributed by atoms with Crippen LogP contribution in [0.4, 0.5) is 0 Å². The molecular weight excluding hydrogens is 324 g/mol. The number of hydrogen-bond donors (Lipinski definition) is 1. The molecule has 2 fully saturated rings. The van der Waals surface area contributed by atoms with E-state index < -0.39 is 17.4 Å². The van der Waals surface area contributed by atoms with Gasteiger partial charge in [0.1, 0.15) is 12.1 Å². The van der Waals surface area contributed by atoms with E-state index in [0.717, 1.165) is 24.2 Å². The van der Waals surface area contributed by atoms with Gasteiger partial charge in [-0.15, -0.1) is 0 Å². The first-order chi connectivity index (χ1) is 12.0. The minimum atomic E-state index is -1.04. The third kappa shape index (κ3) is 3.19. The maximum Gasteiger partial charge on any atom is 0.331 e. The molecule has 3 amide bonds. The van der Waals surface area contributed by atoms with Crippen molar-refractivity contribution in [3.8, 4) is 0 Å². The largest absolute Gasteiger partial charge is 0.467 e. The van der Waals surface area contributed by atoms with Gasteiger partial charge < -0.3 is 10.1 Å². The van der Waals surface area contributed by atoms with Gasteiger partial charge in [-0.05, 0) is 25.7 Å². The van der Waals surface area contributed by atoms with E-state index in [1.54, 1.807) is 0 Å². The first-order valence-electron chi connectivity index (χ1n) is 8.88. The molecule has 1 aliphatic heterocycles. The number of nitrogens with zero attached hydrogens (tertiary/aromatic N) is 1. The Morgan fingerprint density at radius 3 is 2.20 bits per heavy atom. The number of amides is 3. The van der Waals surface area contributed by atoms with Crippen molar-refractivity contribution in [3.63, 3.8) is 0 Å². The molecule has 25 heavy (non-hydrogen) atoms. The molecule has 0 aromatic carbocycles. The van der Waals surface area contributed by atoms with Gasteiger partial charge in [-0.3, -0.25) is 19.3 Å². The van der Waals surface area contributed by atoms with Crippen molar-refractivity contribution >= 4 is 23.7 Å². The molecule has 2 atom stereocenters. The minimum absolute atomic E-state index is 0.287. The number of imide groups is 1. The predicted molar refractivity (Wildman–Crippen MR) is 88.0 cm³/mol. The van der Waals surface area contributed by atoms with Crippen molar-refractivity contribution < 1.29 is 23.9 Å². The fourth-order valence-electron chi connectivity index (χ4n) is 4.21. The molecule has 1 heterocycles. The van der Waals surface area contributed by atoms with Gasteiger partial charge >= 0.3 is 5.97 Å². The normalized spacial score (nSPS) is 27.8. The number of carbonyl (C=O) groups excluding carboxylic acids is 4. The van der Waals surface area contributed by atoms with E-state index in [4.69, 9.17) is 4.74 Å². The lowest BCUT2D eigenvalue weighted by Gasteiger charge is -2.35. The first kappa shape index (κ1) is 17.6. The molecule has 1 saturated carbocycles. The topological polar surface area (TPSA) is 92.8 Å². The van der Waals surface area contributed by atoms with Gasteiger partial charge in [0.25, 0.3) is 0 Å². The van der Waals surface area contributed by atoms with Gasteiger partial charge in [0.15, 0.2) is 0 Å². The van der Waals surface area contributed by atoms with Crippen molar-refractivity contribution in [2.75, 3.05) is 13.7 Å². The smallest absolute Gasteiger partial charge is 0.331 e. The minimum Gasteiger partial charge on any atom is -0.467 e. The van der Waals surface area contributed by atoms with Gasteiger partial charge in [-0.2, -0.15) is 0 Å². The molecule has 3 rings (SSSR count). The second-order valence-electron chi connectivity index (χ2n) is 7.10. The fraction of sp³-hybridized carbons (Fsp3) is 0.667. The Morgan fingerprint density at radius 1 is 1.12 bits per heavy atom. The van der Waals surface area contributed by atoms with Crippen LogP contribution < -0.4 is 5.32 Å². The van der Waals surface area contributed by atoms with Gasteiger partial charge in [0, 0.05) is 0 Å². The molecule has 0 aromatic heterocycles. The van der Waals surface area contributed by atoms with E-state index in [1.165, 1.54) is 7.11 Å². The summed E-state index contributed by atoms with van der Waals surface area (Å²) in [6, 6.07) is 0. The summed E-state index contributed by atoms with van der Waals surface area (Å²) in [6.45, 7) is -0.330. The Morgan fingerprint density at radius 2 is 1.68 bits per heavy atom. The summed E-state index contributed by atoms with van der Waals surface area (Å²) < 4.78 is 4.87. The van der Waals surface area contributed by atoms with Crippen molar-refractivity contribution in [3.05, 3.63) is 12.2 Å². The Hall–Kier alpha value is -2.18. The number of fused-ring (bicyclic) bond motifs is 1. The van der Waals surface area contributed by atoms with Crippen LogP contribution in [0, 0.1) is 11.8 Å². The second-order valence-corrected chi connectivity index (χ2v) is 7.10. The highest BCUT2D eigenvalue weighted by molar-refractivity contribution is 6.07. The van der Waals surface area contributed by atoms with E-state index in [0.29, 0.717) is 25.7 Å². The van der Waals surface area contributed by atoms with Gasteiger partial charge in [-0.25, -0.2) is 4.79 Å². The maximum absolute atomic E-state index is 12.5. The van der Waals surface area contributed by atoms with Gasteiger partial charge in [0.2, 0.25) is 17.7 Å². The van der Waals surface area contributed by atoms with E-state index in [1.807, 2.05) is 12.2 Å². The number of likely N-dealkylation sites (tertiary alicyclic amines) is 1. The molecule has 3 aliphatic rings. The van der Waals surface area contributed by atoms with Crippen molar-refractivity contribution in [1.82, 2.24) is 10.2 Å². The number of ether oxygens (including phenoxy) is 1. The summed E-state index contributed by atoms with van der Waals surface area (Å²) in [7, 11) is 1.30. The molecule has 0 bridgehead atoms. The zero-order valence-corrected chi connectivity index (χ0v) is 14.5. The molecule has 1 saturated heterocycles. The molecule has 136 valence electrons. The fourth-order valence-corrected chi connectivity index (χ4v) is 4.21. The van der Waals surface area contributed by atoms with Crippen LogP contribution in [0.1, 0.15) is 44.9 Å². The summed E-state index contributed by atoms with van der Waals surface area (Å²) in [5.41, 5.74) is -1.04. The summed E-state index contributed by atoms with van der Waals surface area (Å²) >= 11 is 0. The molecular formula is C18H24N2O5. The van der Waals surface area contributed by atoms with E-state index in [9.17, 15) is 19.2 Å². The van der Waals surface area contributed by atoms with Crippen molar-refractivity contribution in [2.24, 2.45) is 11.8 Å².